The van der Waals surface area contributed by atoms with Crippen molar-refractivity contribution in [3.05, 3.63) is 16.1 Å². The van der Waals surface area contributed by atoms with Crippen LogP contribution in [0.4, 0.5) is 0 Å². The lowest BCUT2D eigenvalue weighted by Gasteiger charge is -2.36. The highest BCUT2D eigenvalue weighted by Crippen LogP contribution is 2.39. The van der Waals surface area contributed by atoms with Gasteiger partial charge in [0.1, 0.15) is 5.01 Å². The summed E-state index contributed by atoms with van der Waals surface area (Å²) >= 11 is 1.57. The predicted octanol–water partition coefficient (Wildman–Crippen LogP) is 2.24. The van der Waals surface area contributed by atoms with E-state index >= 15 is 0 Å². The van der Waals surface area contributed by atoms with Crippen LogP contribution < -0.4 is 0 Å². The van der Waals surface area contributed by atoms with E-state index in [0.717, 1.165) is 10.7 Å². The summed E-state index contributed by atoms with van der Waals surface area (Å²) in [6.07, 6.45) is 5.04. The fourth-order valence-electron chi connectivity index (χ4n) is 2.75. The molecule has 3 rings (SSSR count). The Hall–Kier alpha value is -0.940. The van der Waals surface area contributed by atoms with Crippen molar-refractivity contribution in [1.29, 1.82) is 0 Å². The first-order valence-corrected chi connectivity index (χ1v) is 7.26. The van der Waals surface area contributed by atoms with Crippen molar-refractivity contribution in [2.75, 3.05) is 20.3 Å². The van der Waals surface area contributed by atoms with Gasteiger partial charge in [-0.25, -0.2) is 4.98 Å². The van der Waals surface area contributed by atoms with Crippen LogP contribution in [0.5, 0.6) is 0 Å². The van der Waals surface area contributed by atoms with E-state index in [1.54, 1.807) is 11.3 Å². The summed E-state index contributed by atoms with van der Waals surface area (Å²) in [5.41, 5.74) is 0.527. The lowest BCUT2D eigenvalue weighted by molar-refractivity contribution is -0.166. The molecule has 1 aromatic heterocycles. The molecule has 0 N–H and O–H groups in total. The SMILES string of the molecule is COC(=O)C1(c2nc(C3CCCC3)cs2)COC1. The van der Waals surface area contributed by atoms with E-state index in [0.29, 0.717) is 19.1 Å². The summed E-state index contributed by atoms with van der Waals surface area (Å²) < 4.78 is 10.1. The molecule has 18 heavy (non-hydrogen) atoms. The monoisotopic (exact) mass is 267 g/mol. The van der Waals surface area contributed by atoms with Crippen LogP contribution in [0.3, 0.4) is 0 Å². The fourth-order valence-corrected chi connectivity index (χ4v) is 3.81. The molecule has 0 atom stereocenters. The van der Waals surface area contributed by atoms with Gasteiger partial charge in [0.05, 0.1) is 26.0 Å². The summed E-state index contributed by atoms with van der Waals surface area (Å²) in [6, 6.07) is 0. The van der Waals surface area contributed by atoms with Crippen molar-refractivity contribution < 1.29 is 14.3 Å². The molecule has 2 fully saturated rings. The van der Waals surface area contributed by atoms with E-state index in [1.165, 1.54) is 32.8 Å². The van der Waals surface area contributed by atoms with Gasteiger partial charge in [-0.05, 0) is 12.8 Å². The van der Waals surface area contributed by atoms with Gasteiger partial charge in [-0.3, -0.25) is 4.79 Å². The Morgan fingerprint density at radius 2 is 2.22 bits per heavy atom. The van der Waals surface area contributed by atoms with Gasteiger partial charge in [0.2, 0.25) is 0 Å². The van der Waals surface area contributed by atoms with E-state index in [-0.39, 0.29) is 5.97 Å². The number of carbonyl (C=O) groups excluding carboxylic acids is 1. The molecule has 2 aliphatic rings. The van der Waals surface area contributed by atoms with Crippen LogP contribution in [-0.4, -0.2) is 31.3 Å². The van der Waals surface area contributed by atoms with Gasteiger partial charge < -0.3 is 9.47 Å². The standard InChI is InChI=1S/C13H17NO3S/c1-16-12(15)13(7-17-8-13)11-14-10(6-18-11)9-4-2-3-5-9/h6,9H,2-5,7-8H2,1H3. The number of rotatable bonds is 3. The summed E-state index contributed by atoms with van der Waals surface area (Å²) in [4.78, 5) is 16.6. The van der Waals surface area contributed by atoms with Crippen LogP contribution in [0.25, 0.3) is 0 Å². The third kappa shape index (κ3) is 1.77. The quantitative estimate of drug-likeness (QED) is 0.788. The van der Waals surface area contributed by atoms with Crippen LogP contribution in [-0.2, 0) is 19.7 Å². The van der Waals surface area contributed by atoms with Gasteiger partial charge >= 0.3 is 5.97 Å². The van der Waals surface area contributed by atoms with Crippen molar-refractivity contribution in [1.82, 2.24) is 4.98 Å². The zero-order valence-corrected chi connectivity index (χ0v) is 11.3. The molecule has 1 saturated heterocycles. The van der Waals surface area contributed by atoms with Gasteiger partial charge in [-0.2, -0.15) is 0 Å². The molecule has 98 valence electrons. The Labute approximate surface area is 110 Å². The van der Waals surface area contributed by atoms with E-state index in [2.05, 4.69) is 5.38 Å². The second-order valence-corrected chi connectivity index (χ2v) is 5.98. The Balaban J connectivity index is 1.85. The fraction of sp³-hybridized carbons (Fsp3) is 0.692. The highest BCUT2D eigenvalue weighted by molar-refractivity contribution is 7.10. The molecular weight excluding hydrogens is 250 g/mol. The van der Waals surface area contributed by atoms with Gasteiger partial charge in [-0.15, -0.1) is 11.3 Å². The molecule has 1 aromatic rings. The first-order valence-electron chi connectivity index (χ1n) is 6.38. The van der Waals surface area contributed by atoms with Crippen LogP contribution in [0, 0.1) is 0 Å². The maximum Gasteiger partial charge on any atom is 0.323 e. The number of methoxy groups -OCH3 is 1. The molecule has 0 bridgehead atoms. The number of hydrogen-bond acceptors (Lipinski definition) is 5. The molecule has 0 amide bonds. The molecule has 2 heterocycles. The molecule has 0 spiro atoms. The molecule has 1 saturated carbocycles. The molecule has 0 unspecified atom stereocenters. The van der Waals surface area contributed by atoms with Crippen molar-refractivity contribution in [3.63, 3.8) is 0 Å². The first kappa shape index (κ1) is 12.1. The number of hydrogen-bond donors (Lipinski definition) is 0. The van der Waals surface area contributed by atoms with Crippen LogP contribution in [0.15, 0.2) is 5.38 Å². The molecule has 1 aliphatic carbocycles. The van der Waals surface area contributed by atoms with Crippen molar-refractivity contribution in [2.45, 2.75) is 37.0 Å². The Kier molecular flexibility index (Phi) is 3.11. The lowest BCUT2D eigenvalue weighted by atomic mass is 9.87. The lowest BCUT2D eigenvalue weighted by Crippen LogP contribution is -2.53. The van der Waals surface area contributed by atoms with E-state index in [9.17, 15) is 4.79 Å². The first-order chi connectivity index (χ1) is 8.76. The average Bonchev–Trinajstić information content (AvgIpc) is 2.97. The molecule has 0 aromatic carbocycles. The smallest absolute Gasteiger partial charge is 0.323 e. The number of ether oxygens (including phenoxy) is 2. The largest absolute Gasteiger partial charge is 0.468 e. The molecule has 1 aliphatic heterocycles. The molecule has 4 nitrogen and oxygen atoms in total. The zero-order valence-electron chi connectivity index (χ0n) is 10.5. The third-order valence-corrected chi connectivity index (χ3v) is 5.04. The normalized spacial score (nSPS) is 22.7. The summed E-state index contributed by atoms with van der Waals surface area (Å²) in [7, 11) is 1.42. The summed E-state index contributed by atoms with van der Waals surface area (Å²) in [5.74, 6) is 0.367. The minimum absolute atomic E-state index is 0.221. The second kappa shape index (κ2) is 4.63. The van der Waals surface area contributed by atoms with Crippen LogP contribution in [0.1, 0.15) is 42.3 Å². The van der Waals surface area contributed by atoms with Crippen molar-refractivity contribution in [2.24, 2.45) is 0 Å². The van der Waals surface area contributed by atoms with Crippen LogP contribution >= 0.6 is 11.3 Å². The minimum atomic E-state index is -0.629. The number of nitrogens with zero attached hydrogens (tertiary/aromatic N) is 1. The second-order valence-electron chi connectivity index (χ2n) is 5.13. The summed E-state index contributed by atoms with van der Waals surface area (Å²) in [6.45, 7) is 0.800. The number of aromatic nitrogens is 1. The van der Waals surface area contributed by atoms with Gasteiger partial charge in [0.15, 0.2) is 5.41 Å². The summed E-state index contributed by atoms with van der Waals surface area (Å²) in [5, 5.41) is 2.97. The van der Waals surface area contributed by atoms with E-state index in [1.807, 2.05) is 0 Å². The highest BCUT2D eigenvalue weighted by Gasteiger charge is 2.51. The number of carbonyl (C=O) groups is 1. The number of thiazole rings is 1. The van der Waals surface area contributed by atoms with Crippen LogP contribution in [0.2, 0.25) is 0 Å². The van der Waals surface area contributed by atoms with E-state index < -0.39 is 5.41 Å². The van der Waals surface area contributed by atoms with Gasteiger partial charge in [-0.1, -0.05) is 12.8 Å². The molecule has 5 heteroatoms. The Bertz CT molecular complexity index is 447. The van der Waals surface area contributed by atoms with Gasteiger partial charge in [0.25, 0.3) is 0 Å². The predicted molar refractivity (Wildman–Crippen MR) is 67.8 cm³/mol. The Morgan fingerprint density at radius 1 is 1.50 bits per heavy atom. The zero-order chi connectivity index (χ0) is 12.6. The van der Waals surface area contributed by atoms with Gasteiger partial charge in [0, 0.05) is 11.3 Å². The van der Waals surface area contributed by atoms with Crippen molar-refractivity contribution in [3.8, 4) is 0 Å². The Morgan fingerprint density at radius 3 is 2.78 bits per heavy atom. The average molecular weight is 267 g/mol. The topological polar surface area (TPSA) is 48.4 Å². The highest BCUT2D eigenvalue weighted by atomic mass is 32.1. The van der Waals surface area contributed by atoms with Crippen molar-refractivity contribution >= 4 is 17.3 Å². The third-order valence-electron chi connectivity index (χ3n) is 3.98. The maximum absolute atomic E-state index is 11.9. The van der Waals surface area contributed by atoms with E-state index in [4.69, 9.17) is 14.5 Å². The maximum atomic E-state index is 11.9. The number of esters is 1. The minimum Gasteiger partial charge on any atom is -0.468 e. The molecular formula is C13H17NO3S. The molecule has 0 radical (unpaired) electrons.